The summed E-state index contributed by atoms with van der Waals surface area (Å²) in [7, 11) is 0. The van der Waals surface area contributed by atoms with Crippen molar-refractivity contribution in [1.82, 2.24) is 4.90 Å². The van der Waals surface area contributed by atoms with Crippen LogP contribution in [0.4, 0.5) is 10.5 Å². The number of rotatable bonds is 2. The van der Waals surface area contributed by atoms with Crippen LogP contribution in [0.15, 0.2) is 60.7 Å². The van der Waals surface area contributed by atoms with Gasteiger partial charge in [0, 0.05) is 5.69 Å². The van der Waals surface area contributed by atoms with Crippen molar-refractivity contribution in [3.63, 3.8) is 0 Å². The van der Waals surface area contributed by atoms with E-state index in [4.69, 9.17) is 0 Å². The third kappa shape index (κ3) is 2.32. The Balaban J connectivity index is 1.69. The predicted molar refractivity (Wildman–Crippen MR) is 75.9 cm³/mol. The first kappa shape index (κ1) is 11.8. The van der Waals surface area contributed by atoms with Crippen LogP contribution in [0, 0.1) is 0 Å². The van der Waals surface area contributed by atoms with Gasteiger partial charge in [0.2, 0.25) is 0 Å². The summed E-state index contributed by atoms with van der Waals surface area (Å²) in [4.78, 5) is 14.0. The standard InChI is InChI=1S/C16H16N2O/c1-12-15(13-8-4-2-5-9-13)18(12)16(19)17-14-10-6-3-7-11-14/h2-12,15H,1H3,(H,17,19). The summed E-state index contributed by atoms with van der Waals surface area (Å²) in [5.74, 6) is 0. The maximum Gasteiger partial charge on any atom is 0.322 e. The minimum Gasteiger partial charge on any atom is -0.310 e. The van der Waals surface area contributed by atoms with Crippen molar-refractivity contribution in [1.29, 1.82) is 0 Å². The number of nitrogens with zero attached hydrogens (tertiary/aromatic N) is 1. The topological polar surface area (TPSA) is 32.1 Å². The smallest absolute Gasteiger partial charge is 0.310 e. The molecule has 2 unspecified atom stereocenters. The monoisotopic (exact) mass is 252 g/mol. The van der Waals surface area contributed by atoms with Gasteiger partial charge in [-0.1, -0.05) is 48.5 Å². The molecule has 19 heavy (non-hydrogen) atoms. The van der Waals surface area contributed by atoms with Gasteiger partial charge < -0.3 is 10.2 Å². The number of amides is 2. The number of carbonyl (C=O) groups is 1. The number of hydrogen-bond acceptors (Lipinski definition) is 1. The van der Waals surface area contributed by atoms with Crippen LogP contribution in [0.2, 0.25) is 0 Å². The first-order valence-electron chi connectivity index (χ1n) is 6.46. The Kier molecular flexibility index (Phi) is 2.95. The fourth-order valence-corrected chi connectivity index (χ4v) is 2.46. The molecule has 3 rings (SSSR count). The highest BCUT2D eigenvalue weighted by atomic mass is 16.2. The quantitative estimate of drug-likeness (QED) is 0.813. The van der Waals surface area contributed by atoms with Crippen LogP contribution in [-0.4, -0.2) is 17.0 Å². The Morgan fingerprint density at radius 1 is 1.00 bits per heavy atom. The largest absolute Gasteiger partial charge is 0.322 e. The van der Waals surface area contributed by atoms with Gasteiger partial charge in [0.05, 0.1) is 12.1 Å². The molecule has 3 nitrogen and oxygen atoms in total. The fraction of sp³-hybridized carbons (Fsp3) is 0.188. The Morgan fingerprint density at radius 2 is 1.58 bits per heavy atom. The van der Waals surface area contributed by atoms with Crippen molar-refractivity contribution in [2.45, 2.75) is 19.0 Å². The van der Waals surface area contributed by atoms with E-state index in [0.29, 0.717) is 0 Å². The molecule has 0 spiro atoms. The van der Waals surface area contributed by atoms with Crippen LogP contribution in [0.1, 0.15) is 18.5 Å². The number of benzene rings is 2. The average Bonchev–Trinajstić information content (AvgIpc) is 3.12. The number of urea groups is 1. The molecule has 0 aliphatic carbocycles. The van der Waals surface area contributed by atoms with E-state index in [9.17, 15) is 4.79 Å². The highest BCUT2D eigenvalue weighted by Crippen LogP contribution is 2.42. The number of para-hydroxylation sites is 1. The molecule has 2 aromatic carbocycles. The number of hydrogen-bond donors (Lipinski definition) is 1. The summed E-state index contributed by atoms with van der Waals surface area (Å²) in [6, 6.07) is 20.1. The predicted octanol–water partition coefficient (Wildman–Crippen LogP) is 3.66. The number of anilines is 1. The summed E-state index contributed by atoms with van der Waals surface area (Å²) in [6.07, 6.45) is 0. The normalized spacial score (nSPS) is 21.0. The molecule has 1 saturated heterocycles. The lowest BCUT2D eigenvalue weighted by atomic mass is 10.1. The zero-order chi connectivity index (χ0) is 13.2. The molecular weight excluding hydrogens is 236 g/mol. The van der Waals surface area contributed by atoms with Crippen molar-refractivity contribution < 1.29 is 4.79 Å². The van der Waals surface area contributed by atoms with Crippen LogP contribution >= 0.6 is 0 Å². The number of nitrogens with one attached hydrogen (secondary N) is 1. The molecule has 96 valence electrons. The van der Waals surface area contributed by atoms with Gasteiger partial charge in [-0.25, -0.2) is 4.79 Å². The summed E-state index contributed by atoms with van der Waals surface area (Å²) >= 11 is 0. The van der Waals surface area contributed by atoms with E-state index < -0.39 is 0 Å². The zero-order valence-electron chi connectivity index (χ0n) is 10.8. The Morgan fingerprint density at radius 3 is 2.21 bits per heavy atom. The van der Waals surface area contributed by atoms with E-state index in [1.807, 2.05) is 53.4 Å². The lowest BCUT2D eigenvalue weighted by Crippen LogP contribution is -2.20. The highest BCUT2D eigenvalue weighted by Gasteiger charge is 2.48. The SMILES string of the molecule is CC1C(c2ccccc2)N1C(=O)Nc1ccccc1. The molecule has 1 fully saturated rings. The van der Waals surface area contributed by atoms with Gasteiger partial charge in [-0.15, -0.1) is 0 Å². The summed E-state index contributed by atoms with van der Waals surface area (Å²) in [5, 5.41) is 2.92. The lowest BCUT2D eigenvalue weighted by Gasteiger charge is -2.07. The molecule has 2 aromatic rings. The van der Waals surface area contributed by atoms with E-state index in [2.05, 4.69) is 24.4 Å². The number of carbonyl (C=O) groups excluding carboxylic acids is 1. The second-order valence-corrected chi connectivity index (χ2v) is 4.80. The third-order valence-electron chi connectivity index (χ3n) is 3.51. The van der Waals surface area contributed by atoms with E-state index in [-0.39, 0.29) is 18.1 Å². The van der Waals surface area contributed by atoms with Gasteiger partial charge in [-0.3, -0.25) is 0 Å². The van der Waals surface area contributed by atoms with Crippen LogP contribution in [0.25, 0.3) is 0 Å². The molecule has 0 saturated carbocycles. The zero-order valence-corrected chi connectivity index (χ0v) is 10.8. The molecule has 1 heterocycles. The maximum atomic E-state index is 12.2. The molecule has 3 heteroatoms. The molecule has 0 aromatic heterocycles. The molecule has 0 radical (unpaired) electrons. The molecule has 2 amide bonds. The van der Waals surface area contributed by atoms with Crippen molar-refractivity contribution >= 4 is 11.7 Å². The maximum absolute atomic E-state index is 12.2. The van der Waals surface area contributed by atoms with Gasteiger partial charge in [-0.2, -0.15) is 0 Å². The van der Waals surface area contributed by atoms with Crippen LogP contribution in [-0.2, 0) is 0 Å². The second kappa shape index (κ2) is 4.76. The molecule has 1 aliphatic rings. The van der Waals surface area contributed by atoms with Crippen LogP contribution in [0.3, 0.4) is 0 Å². The third-order valence-corrected chi connectivity index (χ3v) is 3.51. The van der Waals surface area contributed by atoms with Gasteiger partial charge in [-0.05, 0) is 24.6 Å². The van der Waals surface area contributed by atoms with E-state index in [0.717, 1.165) is 5.69 Å². The van der Waals surface area contributed by atoms with Crippen molar-refractivity contribution in [3.8, 4) is 0 Å². The van der Waals surface area contributed by atoms with E-state index in [1.165, 1.54) is 5.56 Å². The minimum atomic E-state index is -0.0347. The summed E-state index contributed by atoms with van der Waals surface area (Å²) in [5.41, 5.74) is 2.02. The van der Waals surface area contributed by atoms with Gasteiger partial charge in [0.15, 0.2) is 0 Å². The lowest BCUT2D eigenvalue weighted by molar-refractivity contribution is 0.238. The van der Waals surface area contributed by atoms with Gasteiger partial charge in [0.1, 0.15) is 0 Å². The first-order chi connectivity index (χ1) is 9.27. The average molecular weight is 252 g/mol. The molecular formula is C16H16N2O. The molecule has 2 atom stereocenters. The van der Waals surface area contributed by atoms with E-state index in [1.54, 1.807) is 0 Å². The second-order valence-electron chi connectivity index (χ2n) is 4.80. The molecule has 1 aliphatic heterocycles. The van der Waals surface area contributed by atoms with Crippen molar-refractivity contribution in [2.75, 3.05) is 5.32 Å². The summed E-state index contributed by atoms with van der Waals surface area (Å²) in [6.45, 7) is 2.07. The Bertz CT molecular complexity index is 568. The first-order valence-corrected chi connectivity index (χ1v) is 6.46. The van der Waals surface area contributed by atoms with Crippen molar-refractivity contribution in [2.24, 2.45) is 0 Å². The Hall–Kier alpha value is -2.29. The Labute approximate surface area is 112 Å². The van der Waals surface area contributed by atoms with Gasteiger partial charge >= 0.3 is 6.03 Å². The van der Waals surface area contributed by atoms with Crippen LogP contribution in [0.5, 0.6) is 0 Å². The minimum absolute atomic E-state index is 0.0347. The fourth-order valence-electron chi connectivity index (χ4n) is 2.46. The van der Waals surface area contributed by atoms with Crippen molar-refractivity contribution in [3.05, 3.63) is 66.2 Å². The molecule has 1 N–H and O–H groups in total. The van der Waals surface area contributed by atoms with Gasteiger partial charge in [0.25, 0.3) is 0 Å². The van der Waals surface area contributed by atoms with E-state index >= 15 is 0 Å². The highest BCUT2D eigenvalue weighted by molar-refractivity contribution is 5.91. The van der Waals surface area contributed by atoms with Crippen LogP contribution < -0.4 is 5.32 Å². The summed E-state index contributed by atoms with van der Waals surface area (Å²) < 4.78 is 0. The molecule has 0 bridgehead atoms.